The van der Waals surface area contributed by atoms with Crippen molar-refractivity contribution in [3.8, 4) is 34.1 Å². The second-order valence-corrected chi connectivity index (χ2v) is 21.4. The molecule has 4 aliphatic rings. The first kappa shape index (κ1) is 49.9. The molecule has 2 aliphatic carbocycles. The molecule has 2 aliphatic heterocycles. The predicted octanol–water partition coefficient (Wildman–Crippen LogP) is 19.0. The number of para-hydroxylation sites is 9. The zero-order valence-corrected chi connectivity index (χ0v) is 45.8. The second kappa shape index (κ2) is 19.9. The van der Waals surface area contributed by atoms with E-state index in [-0.39, 0.29) is 23.1 Å². The fourth-order valence-corrected chi connectivity index (χ4v) is 12.4. The van der Waals surface area contributed by atoms with Gasteiger partial charge < -0.3 is 29.1 Å². The van der Waals surface area contributed by atoms with Crippen molar-refractivity contribution in [2.45, 2.75) is 0 Å². The van der Waals surface area contributed by atoms with E-state index >= 15 is 0 Å². The van der Waals surface area contributed by atoms with Crippen LogP contribution in [0.5, 0.6) is 23.0 Å². The summed E-state index contributed by atoms with van der Waals surface area (Å²) in [7, 11) is 0. The van der Waals surface area contributed by atoms with Gasteiger partial charge in [0, 0.05) is 90.0 Å². The molecule has 12 aromatic rings. The summed E-state index contributed by atoms with van der Waals surface area (Å²) in [5.41, 5.74) is 14.3. The number of hydrogen-bond acceptors (Lipinski definition) is 10. The quantitative estimate of drug-likeness (QED) is 0.139. The molecule has 406 valence electrons. The Kier molecular flexibility index (Phi) is 11.6. The van der Waals surface area contributed by atoms with E-state index in [9.17, 15) is 19.2 Å². The van der Waals surface area contributed by atoms with E-state index in [1.165, 1.54) is 0 Å². The van der Waals surface area contributed by atoms with E-state index in [1.807, 2.05) is 243 Å². The van der Waals surface area contributed by atoms with Gasteiger partial charge in [0.25, 0.3) is 0 Å². The van der Waals surface area contributed by atoms with Crippen LogP contribution in [0.25, 0.3) is 11.1 Å². The minimum atomic E-state index is -0.234. The summed E-state index contributed by atoms with van der Waals surface area (Å²) in [5, 5.41) is 0. The molecule has 86 heavy (non-hydrogen) atoms. The number of hydrogen-bond donors (Lipinski definition) is 0. The van der Waals surface area contributed by atoms with Crippen LogP contribution < -0.4 is 29.1 Å². The van der Waals surface area contributed by atoms with Crippen LogP contribution in [0.2, 0.25) is 0 Å². The maximum atomic E-state index is 14.7. The minimum Gasteiger partial charge on any atom is -0.453 e. The summed E-state index contributed by atoms with van der Waals surface area (Å²) < 4.78 is 12.9. The van der Waals surface area contributed by atoms with Crippen LogP contribution in [-0.4, -0.2) is 23.1 Å². The first-order chi connectivity index (χ1) is 42.3. The highest BCUT2D eigenvalue weighted by Gasteiger charge is 2.36. The molecule has 10 heteroatoms. The third-order valence-corrected chi connectivity index (χ3v) is 16.5. The Hall–Kier alpha value is -11.9. The van der Waals surface area contributed by atoms with E-state index < -0.39 is 0 Å². The molecular formula is C76H46N4O6. The number of ether oxygens (including phenoxy) is 2. The zero-order valence-electron chi connectivity index (χ0n) is 45.8. The van der Waals surface area contributed by atoms with Gasteiger partial charge in [0.1, 0.15) is 0 Å². The topological polar surface area (TPSA) is 99.7 Å². The molecule has 0 unspecified atom stereocenters. The van der Waals surface area contributed by atoms with Gasteiger partial charge in [0.15, 0.2) is 46.1 Å². The maximum absolute atomic E-state index is 14.7. The number of benzene rings is 12. The van der Waals surface area contributed by atoms with Crippen molar-refractivity contribution in [3.05, 3.63) is 324 Å². The molecule has 0 saturated carbocycles. The molecule has 0 radical (unpaired) electrons. The van der Waals surface area contributed by atoms with E-state index in [1.54, 1.807) is 24.3 Å². The van der Waals surface area contributed by atoms with E-state index in [4.69, 9.17) is 9.47 Å². The van der Waals surface area contributed by atoms with Crippen LogP contribution >= 0.6 is 0 Å². The summed E-state index contributed by atoms with van der Waals surface area (Å²) in [5.74, 6) is 1.73. The molecular weight excluding hydrogens is 1060 g/mol. The molecule has 0 atom stereocenters. The van der Waals surface area contributed by atoms with E-state index in [0.29, 0.717) is 73.2 Å². The molecule has 0 amide bonds. The van der Waals surface area contributed by atoms with Gasteiger partial charge in [-0.3, -0.25) is 19.2 Å². The summed E-state index contributed by atoms with van der Waals surface area (Å²) in [6.07, 6.45) is 0. The third kappa shape index (κ3) is 8.11. The predicted molar refractivity (Wildman–Crippen MR) is 337 cm³/mol. The SMILES string of the molecule is O=C1c2ccc(N(c3ccccc3)c3ccc(-c4ccc5c(c4)Oc4ccccc4N5c4ccc5c(c4)C(=O)c4ccc(N6c7ccccc7Oc7ccccc76)cc4C5=O)cc3)cc2C(=O)c2ccc(N(c3ccccc3)c3ccccc3)cc21. The van der Waals surface area contributed by atoms with Crippen molar-refractivity contribution in [1.29, 1.82) is 0 Å². The lowest BCUT2D eigenvalue weighted by atomic mass is 9.83. The van der Waals surface area contributed by atoms with E-state index in [0.717, 1.165) is 73.7 Å². The fourth-order valence-electron chi connectivity index (χ4n) is 12.4. The molecule has 10 nitrogen and oxygen atoms in total. The molecule has 0 saturated heterocycles. The zero-order chi connectivity index (χ0) is 57.6. The normalized spacial score (nSPS) is 13.1. The van der Waals surface area contributed by atoms with Gasteiger partial charge in [-0.05, 0) is 181 Å². The Morgan fingerprint density at radius 3 is 0.965 bits per heavy atom. The van der Waals surface area contributed by atoms with Gasteiger partial charge in [0.2, 0.25) is 0 Å². The number of nitrogens with zero attached hydrogens (tertiary/aromatic N) is 4. The molecule has 0 fully saturated rings. The molecule has 0 N–H and O–H groups in total. The van der Waals surface area contributed by atoms with Gasteiger partial charge in [-0.25, -0.2) is 0 Å². The average Bonchev–Trinajstić information content (AvgIpc) is 1.46. The van der Waals surface area contributed by atoms with Crippen LogP contribution in [0.3, 0.4) is 0 Å². The Morgan fingerprint density at radius 1 is 0.233 bits per heavy atom. The summed E-state index contributed by atoms with van der Waals surface area (Å²) in [4.78, 5) is 66.7. The lowest BCUT2D eigenvalue weighted by Gasteiger charge is -2.34. The second-order valence-electron chi connectivity index (χ2n) is 21.4. The van der Waals surface area contributed by atoms with Gasteiger partial charge in [0.05, 0.1) is 22.7 Å². The van der Waals surface area contributed by atoms with Crippen molar-refractivity contribution < 1.29 is 28.7 Å². The molecule has 0 aromatic heterocycles. The Morgan fingerprint density at radius 2 is 0.547 bits per heavy atom. The Labute approximate surface area is 494 Å². The molecule has 12 aromatic carbocycles. The lowest BCUT2D eigenvalue weighted by Crippen LogP contribution is -2.23. The number of carbonyl (C=O) groups excluding carboxylic acids is 4. The van der Waals surface area contributed by atoms with Crippen molar-refractivity contribution in [2.24, 2.45) is 0 Å². The van der Waals surface area contributed by atoms with Crippen molar-refractivity contribution in [1.82, 2.24) is 0 Å². The third-order valence-electron chi connectivity index (χ3n) is 16.5. The molecule has 16 rings (SSSR count). The highest BCUT2D eigenvalue weighted by atomic mass is 16.5. The van der Waals surface area contributed by atoms with Crippen LogP contribution in [0.15, 0.2) is 279 Å². The monoisotopic (exact) mass is 1110 g/mol. The Balaban J connectivity index is 0.697. The standard InChI is InChI=1S/C76H46N4O6/c81-73-58-38-34-54(44-62(58)74(82)57-37-33-53(43-61(57)73)77(49-16-4-1-5-17-49)50-18-6-2-7-19-50)78(51-20-8-3-9-21-51)52-31-28-47(29-32-52)48-30-41-68-72(42-48)86-71-27-15-12-24-67(71)80(68)56-36-40-60-64(46-56)76(84)59-39-35-55(45-63(59)75(60)83)79-65-22-10-13-25-69(65)85-70-26-14-11-23-66(70)79/h1-46H. The summed E-state index contributed by atoms with van der Waals surface area (Å²) >= 11 is 0. The van der Waals surface area contributed by atoms with Crippen molar-refractivity contribution >= 4 is 91.4 Å². The number of fused-ring (bicyclic) bond motifs is 8. The maximum Gasteiger partial charge on any atom is 0.194 e. The number of anilines is 12. The van der Waals surface area contributed by atoms with Crippen molar-refractivity contribution in [2.75, 3.05) is 19.6 Å². The van der Waals surface area contributed by atoms with Gasteiger partial charge in [-0.1, -0.05) is 109 Å². The van der Waals surface area contributed by atoms with Crippen molar-refractivity contribution in [3.63, 3.8) is 0 Å². The minimum absolute atomic E-state index is 0.209. The summed E-state index contributed by atoms with van der Waals surface area (Å²) in [6, 6.07) is 89.4. The fraction of sp³-hybridized carbons (Fsp3) is 0. The van der Waals surface area contributed by atoms with Crippen LogP contribution in [-0.2, 0) is 0 Å². The van der Waals surface area contributed by atoms with Crippen LogP contribution in [0, 0.1) is 0 Å². The average molecular weight is 1110 g/mol. The van der Waals surface area contributed by atoms with Gasteiger partial charge >= 0.3 is 0 Å². The largest absolute Gasteiger partial charge is 0.453 e. The van der Waals surface area contributed by atoms with Gasteiger partial charge in [-0.2, -0.15) is 0 Å². The van der Waals surface area contributed by atoms with Crippen LogP contribution in [0.1, 0.15) is 63.7 Å². The molecule has 0 spiro atoms. The number of ketones is 4. The molecule has 0 bridgehead atoms. The summed E-state index contributed by atoms with van der Waals surface area (Å²) in [6.45, 7) is 0. The van der Waals surface area contributed by atoms with Crippen LogP contribution in [0.4, 0.5) is 68.2 Å². The van der Waals surface area contributed by atoms with Gasteiger partial charge in [-0.15, -0.1) is 0 Å². The first-order valence-corrected chi connectivity index (χ1v) is 28.3. The number of carbonyl (C=O) groups is 4. The molecule has 2 heterocycles. The lowest BCUT2D eigenvalue weighted by molar-refractivity contribution is 0.0979. The highest BCUT2D eigenvalue weighted by molar-refractivity contribution is 6.30. The first-order valence-electron chi connectivity index (χ1n) is 28.3. The van der Waals surface area contributed by atoms with E-state index in [2.05, 4.69) is 31.7 Å². The Bertz CT molecular complexity index is 4730. The highest BCUT2D eigenvalue weighted by Crippen LogP contribution is 2.54. The number of rotatable bonds is 9. The smallest absolute Gasteiger partial charge is 0.194 e.